The second kappa shape index (κ2) is 15.2. The van der Waals surface area contributed by atoms with Gasteiger partial charge in [-0.05, 0) is 137 Å². The molecule has 2 heterocycles. The molecule has 0 aliphatic heterocycles. The van der Waals surface area contributed by atoms with Crippen molar-refractivity contribution in [2.24, 2.45) is 0 Å². The zero-order valence-electron chi connectivity index (χ0n) is 37.2. The van der Waals surface area contributed by atoms with E-state index >= 15 is 0 Å². The molecule has 12 aromatic carbocycles. The predicted molar refractivity (Wildman–Crippen MR) is 287 cm³/mol. The molecule has 14 rings (SSSR count). The van der Waals surface area contributed by atoms with Gasteiger partial charge in [0, 0.05) is 32.9 Å². The molecule has 0 aliphatic rings. The zero-order valence-corrected chi connectivity index (χ0v) is 38.2. The number of nitrogens with zero attached hydrogens (tertiary/aromatic N) is 2. The molecule has 0 aliphatic carbocycles. The van der Waals surface area contributed by atoms with Gasteiger partial charge in [0.05, 0.1) is 22.1 Å². The Labute approximate surface area is 397 Å². The quantitative estimate of drug-likeness (QED) is 0.0817. The highest BCUT2D eigenvalue weighted by molar-refractivity contribution is 7.19. The fourth-order valence-corrected chi connectivity index (χ4v) is 16.3. The van der Waals surface area contributed by atoms with Crippen LogP contribution in [0, 0.1) is 11.6 Å². The Morgan fingerprint density at radius 2 is 0.493 bits per heavy atom. The summed E-state index contributed by atoms with van der Waals surface area (Å²) in [6.45, 7) is 0. The molecular formula is C64H40F2N2Si. The Balaban J connectivity index is 0.847. The van der Waals surface area contributed by atoms with Crippen LogP contribution in [0.3, 0.4) is 0 Å². The van der Waals surface area contributed by atoms with Crippen LogP contribution in [-0.2, 0) is 0 Å². The third-order valence-corrected chi connectivity index (χ3v) is 19.6. The van der Waals surface area contributed by atoms with Crippen molar-refractivity contribution in [3.8, 4) is 33.6 Å². The highest BCUT2D eigenvalue weighted by Gasteiger charge is 2.41. The Kier molecular flexibility index (Phi) is 8.70. The average molecular weight is 903 g/mol. The minimum absolute atomic E-state index is 0.296. The lowest BCUT2D eigenvalue weighted by atomic mass is 10.0. The summed E-state index contributed by atoms with van der Waals surface area (Å²) >= 11 is 0. The van der Waals surface area contributed by atoms with Crippen LogP contribution in [0.4, 0.5) is 8.78 Å². The first kappa shape index (κ1) is 39.5. The van der Waals surface area contributed by atoms with Gasteiger partial charge in [0.15, 0.2) is 8.07 Å². The maximum absolute atomic E-state index is 14.8. The lowest BCUT2D eigenvalue weighted by Crippen LogP contribution is -2.74. The van der Waals surface area contributed by atoms with Crippen molar-refractivity contribution >= 4 is 94.0 Å². The lowest BCUT2D eigenvalue weighted by molar-refractivity contribution is 0.628. The van der Waals surface area contributed by atoms with E-state index in [4.69, 9.17) is 0 Å². The van der Waals surface area contributed by atoms with Crippen molar-refractivity contribution in [1.29, 1.82) is 0 Å². The molecule has 0 atom stereocenters. The van der Waals surface area contributed by atoms with E-state index in [-0.39, 0.29) is 11.6 Å². The van der Waals surface area contributed by atoms with Crippen LogP contribution in [0.15, 0.2) is 243 Å². The summed E-state index contributed by atoms with van der Waals surface area (Å²) in [5, 5.41) is 14.4. The molecule has 0 saturated heterocycles. The zero-order chi connectivity index (χ0) is 45.8. The molecule has 2 nitrogen and oxygen atoms in total. The van der Waals surface area contributed by atoms with Crippen molar-refractivity contribution in [1.82, 2.24) is 9.13 Å². The fourth-order valence-electron chi connectivity index (χ4n) is 11.6. The minimum Gasteiger partial charge on any atom is -0.309 e. The van der Waals surface area contributed by atoms with Gasteiger partial charge in [0.1, 0.15) is 11.6 Å². The third-order valence-electron chi connectivity index (χ3n) is 14.8. The number of benzene rings is 12. The molecule has 0 N–H and O–H groups in total. The van der Waals surface area contributed by atoms with Crippen LogP contribution in [0.1, 0.15) is 0 Å². The van der Waals surface area contributed by atoms with Gasteiger partial charge in [-0.15, -0.1) is 0 Å². The van der Waals surface area contributed by atoms with E-state index < -0.39 is 8.07 Å². The molecule has 0 spiro atoms. The SMILES string of the molecule is Fc1ccc([Si](c2ccc(F)cc2)(c2ccc(-c3ccc(-n4c5cccc6ccc7cccc4c7c65)cc3)cc2)c2ccc(-c3ccc(-n4c5cccc6ccc7cccc4c7c65)cc3)cc2)cc1. The molecule has 0 amide bonds. The van der Waals surface area contributed by atoms with Gasteiger partial charge >= 0.3 is 0 Å². The largest absolute Gasteiger partial charge is 0.309 e. The number of hydrogen-bond acceptors (Lipinski definition) is 0. The topological polar surface area (TPSA) is 9.86 Å². The molecule has 324 valence electrons. The lowest BCUT2D eigenvalue weighted by Gasteiger charge is -2.34. The first-order valence-corrected chi connectivity index (χ1v) is 25.4. The van der Waals surface area contributed by atoms with Crippen molar-refractivity contribution < 1.29 is 8.78 Å². The number of rotatable bonds is 8. The Morgan fingerprint density at radius 3 is 0.768 bits per heavy atom. The van der Waals surface area contributed by atoms with E-state index in [2.05, 4.69) is 203 Å². The second-order valence-electron chi connectivity index (χ2n) is 18.3. The summed E-state index contributed by atoms with van der Waals surface area (Å²) in [5.74, 6) is -0.591. The first-order valence-electron chi connectivity index (χ1n) is 23.4. The minimum atomic E-state index is -3.15. The third kappa shape index (κ3) is 5.94. The van der Waals surface area contributed by atoms with E-state index in [1.54, 1.807) is 24.3 Å². The van der Waals surface area contributed by atoms with Gasteiger partial charge in [0.25, 0.3) is 0 Å². The summed E-state index contributed by atoms with van der Waals surface area (Å²) in [6, 6.07) is 84.3. The maximum atomic E-state index is 14.8. The van der Waals surface area contributed by atoms with Gasteiger partial charge < -0.3 is 9.13 Å². The highest BCUT2D eigenvalue weighted by Crippen LogP contribution is 2.40. The van der Waals surface area contributed by atoms with Crippen molar-refractivity contribution in [3.63, 3.8) is 0 Å². The molecule has 69 heavy (non-hydrogen) atoms. The highest BCUT2D eigenvalue weighted by atomic mass is 28.3. The standard InChI is InChI=1S/C64H40F2N2Si/c65-49-25-37-55(38-26-49)69(56-39-27-50(66)28-40-56,53-33-21-43(22-34-53)41-17-29-51(30-18-41)67-57-9-1-5-45-13-14-46-6-2-10-58(67)62(46)61(45)57)54-35-23-44(24-36-54)42-19-31-52(32-20-42)68-59-11-3-7-47-15-16-48-8-4-12-60(68)64(48)63(47)59/h1-40H. The van der Waals surface area contributed by atoms with Crippen molar-refractivity contribution in [2.45, 2.75) is 0 Å². The molecule has 5 heteroatoms. The normalized spacial score (nSPS) is 12.2. The van der Waals surface area contributed by atoms with Gasteiger partial charge in [-0.25, -0.2) is 8.78 Å². The van der Waals surface area contributed by atoms with Crippen LogP contribution < -0.4 is 20.7 Å². The van der Waals surface area contributed by atoms with Crippen molar-refractivity contribution in [2.75, 3.05) is 0 Å². The number of halogens is 2. The predicted octanol–water partition coefficient (Wildman–Crippen LogP) is 14.1. The maximum Gasteiger partial charge on any atom is 0.179 e. The molecular weight excluding hydrogens is 863 g/mol. The van der Waals surface area contributed by atoms with Crippen LogP contribution in [0.25, 0.3) is 98.8 Å². The Morgan fingerprint density at radius 1 is 0.246 bits per heavy atom. The van der Waals surface area contributed by atoms with E-state index in [0.717, 1.165) is 54.4 Å². The molecule has 2 aromatic heterocycles. The molecule has 0 bridgehead atoms. The first-order chi connectivity index (χ1) is 34.0. The van der Waals surface area contributed by atoms with Crippen LogP contribution >= 0.6 is 0 Å². The summed E-state index contributed by atoms with van der Waals surface area (Å²) in [7, 11) is -3.15. The van der Waals surface area contributed by atoms with Crippen LogP contribution in [-0.4, -0.2) is 17.2 Å². The summed E-state index contributed by atoms with van der Waals surface area (Å²) in [5.41, 5.74) is 11.4. The average Bonchev–Trinajstić information content (AvgIpc) is 3.94. The molecule has 0 saturated carbocycles. The Hall–Kier alpha value is -8.64. The van der Waals surface area contributed by atoms with E-state index in [1.807, 2.05) is 24.3 Å². The number of aromatic nitrogens is 2. The van der Waals surface area contributed by atoms with Crippen LogP contribution in [0.2, 0.25) is 0 Å². The monoisotopic (exact) mass is 902 g/mol. The van der Waals surface area contributed by atoms with Crippen LogP contribution in [0.5, 0.6) is 0 Å². The van der Waals surface area contributed by atoms with Gasteiger partial charge in [-0.3, -0.25) is 0 Å². The Bertz CT molecular complexity index is 3800. The van der Waals surface area contributed by atoms with E-state index in [9.17, 15) is 8.78 Å². The fraction of sp³-hybridized carbons (Fsp3) is 0. The van der Waals surface area contributed by atoms with E-state index in [0.29, 0.717) is 0 Å². The van der Waals surface area contributed by atoms with Gasteiger partial charge in [0.2, 0.25) is 0 Å². The summed E-state index contributed by atoms with van der Waals surface area (Å²) in [4.78, 5) is 0. The summed E-state index contributed by atoms with van der Waals surface area (Å²) < 4.78 is 34.3. The summed E-state index contributed by atoms with van der Waals surface area (Å²) in [6.07, 6.45) is 0. The van der Waals surface area contributed by atoms with Crippen molar-refractivity contribution in [3.05, 3.63) is 254 Å². The van der Waals surface area contributed by atoms with E-state index in [1.165, 1.54) is 65.2 Å². The molecule has 0 unspecified atom stereocenters. The molecule has 0 radical (unpaired) electrons. The smallest absolute Gasteiger partial charge is 0.179 e. The second-order valence-corrected chi connectivity index (χ2v) is 22.1. The number of hydrogen-bond donors (Lipinski definition) is 0. The molecule has 0 fully saturated rings. The van der Waals surface area contributed by atoms with Gasteiger partial charge in [-0.1, -0.05) is 170 Å². The van der Waals surface area contributed by atoms with Gasteiger partial charge in [-0.2, -0.15) is 0 Å². The molecule has 14 aromatic rings.